The van der Waals surface area contributed by atoms with Crippen LogP contribution in [0.2, 0.25) is 0 Å². The Hall–Kier alpha value is -0.610. The van der Waals surface area contributed by atoms with Crippen molar-refractivity contribution in [3.63, 3.8) is 0 Å². The molecule has 2 fully saturated rings. The van der Waals surface area contributed by atoms with Crippen LogP contribution in [-0.2, 0) is 9.53 Å². The van der Waals surface area contributed by atoms with E-state index in [4.69, 9.17) is 10.5 Å². The summed E-state index contributed by atoms with van der Waals surface area (Å²) >= 11 is 0. The van der Waals surface area contributed by atoms with E-state index >= 15 is 0 Å². The number of primary amides is 1. The van der Waals surface area contributed by atoms with Crippen molar-refractivity contribution in [2.45, 2.75) is 38.1 Å². The highest BCUT2D eigenvalue weighted by Gasteiger charge is 2.25. The first kappa shape index (κ1) is 11.9. The smallest absolute Gasteiger partial charge is 0.220 e. The van der Waals surface area contributed by atoms with E-state index in [1.54, 1.807) is 0 Å². The highest BCUT2D eigenvalue weighted by atomic mass is 16.5. The predicted molar refractivity (Wildman–Crippen MR) is 61.9 cm³/mol. The fraction of sp³-hybridized carbons (Fsp3) is 0.917. The fourth-order valence-electron chi connectivity index (χ4n) is 2.68. The van der Waals surface area contributed by atoms with E-state index in [0.717, 1.165) is 57.8 Å². The monoisotopic (exact) mass is 226 g/mol. The van der Waals surface area contributed by atoms with Crippen LogP contribution < -0.4 is 11.1 Å². The average molecular weight is 226 g/mol. The SMILES string of the molecule is NC(=O)C1CCC(CNC2CCOC2)CC1. The zero-order chi connectivity index (χ0) is 11.4. The molecule has 0 aromatic heterocycles. The number of ether oxygens (including phenoxy) is 1. The van der Waals surface area contributed by atoms with Gasteiger partial charge in [-0.15, -0.1) is 0 Å². The number of amides is 1. The van der Waals surface area contributed by atoms with Crippen molar-refractivity contribution in [3.8, 4) is 0 Å². The number of nitrogens with one attached hydrogen (secondary N) is 1. The van der Waals surface area contributed by atoms with Gasteiger partial charge in [-0.1, -0.05) is 0 Å². The van der Waals surface area contributed by atoms with Gasteiger partial charge in [0.05, 0.1) is 6.61 Å². The molecule has 1 atom stereocenters. The molecule has 4 heteroatoms. The Labute approximate surface area is 96.9 Å². The second kappa shape index (κ2) is 5.64. The van der Waals surface area contributed by atoms with Crippen LogP contribution in [-0.4, -0.2) is 31.7 Å². The molecule has 1 saturated carbocycles. The van der Waals surface area contributed by atoms with Gasteiger partial charge in [-0.2, -0.15) is 0 Å². The first-order chi connectivity index (χ1) is 7.75. The lowest BCUT2D eigenvalue weighted by Crippen LogP contribution is -2.36. The van der Waals surface area contributed by atoms with Gasteiger partial charge in [-0.05, 0) is 44.6 Å². The minimum absolute atomic E-state index is 0.115. The number of rotatable bonds is 4. The van der Waals surface area contributed by atoms with Crippen molar-refractivity contribution in [2.75, 3.05) is 19.8 Å². The molecular formula is C12H22N2O2. The molecule has 92 valence electrons. The van der Waals surface area contributed by atoms with Crippen LogP contribution in [0.4, 0.5) is 0 Å². The first-order valence-electron chi connectivity index (χ1n) is 6.36. The van der Waals surface area contributed by atoms with E-state index in [0.29, 0.717) is 6.04 Å². The molecule has 2 aliphatic rings. The number of hydrogen-bond acceptors (Lipinski definition) is 3. The molecule has 1 aliphatic carbocycles. The molecule has 0 spiro atoms. The number of nitrogens with two attached hydrogens (primary N) is 1. The second-order valence-corrected chi connectivity index (χ2v) is 5.09. The molecule has 1 amide bonds. The molecule has 2 rings (SSSR count). The first-order valence-corrected chi connectivity index (χ1v) is 6.36. The van der Waals surface area contributed by atoms with Crippen molar-refractivity contribution in [1.82, 2.24) is 5.32 Å². The standard InChI is InChI=1S/C12H22N2O2/c13-12(15)10-3-1-9(2-4-10)7-14-11-5-6-16-8-11/h9-11,14H,1-8H2,(H2,13,15). The Balaban J connectivity index is 1.63. The topological polar surface area (TPSA) is 64.4 Å². The summed E-state index contributed by atoms with van der Waals surface area (Å²) in [6, 6.07) is 0.550. The lowest BCUT2D eigenvalue weighted by atomic mass is 9.81. The van der Waals surface area contributed by atoms with Crippen LogP contribution in [0.15, 0.2) is 0 Å². The highest BCUT2D eigenvalue weighted by Crippen LogP contribution is 2.28. The molecule has 0 radical (unpaired) electrons. The van der Waals surface area contributed by atoms with E-state index in [-0.39, 0.29) is 11.8 Å². The van der Waals surface area contributed by atoms with Gasteiger partial charge in [-0.3, -0.25) is 4.79 Å². The van der Waals surface area contributed by atoms with Crippen LogP contribution in [0.5, 0.6) is 0 Å². The molecule has 3 N–H and O–H groups in total. The third-order valence-corrected chi connectivity index (χ3v) is 3.87. The van der Waals surface area contributed by atoms with Crippen LogP contribution in [0.25, 0.3) is 0 Å². The Morgan fingerprint density at radius 1 is 1.25 bits per heavy atom. The summed E-state index contributed by atoms with van der Waals surface area (Å²) in [4.78, 5) is 11.0. The third kappa shape index (κ3) is 3.19. The van der Waals surface area contributed by atoms with Gasteiger partial charge in [0, 0.05) is 18.6 Å². The van der Waals surface area contributed by atoms with Crippen molar-refractivity contribution < 1.29 is 9.53 Å². The Bertz CT molecular complexity index is 231. The summed E-state index contributed by atoms with van der Waals surface area (Å²) < 4.78 is 5.32. The van der Waals surface area contributed by atoms with Gasteiger partial charge in [0.2, 0.25) is 5.91 Å². The normalized spacial score (nSPS) is 35.1. The zero-order valence-electron chi connectivity index (χ0n) is 9.78. The Kier molecular flexibility index (Phi) is 4.18. The van der Waals surface area contributed by atoms with Crippen LogP contribution in [0.1, 0.15) is 32.1 Å². The van der Waals surface area contributed by atoms with Crippen molar-refractivity contribution in [2.24, 2.45) is 17.6 Å². The largest absolute Gasteiger partial charge is 0.380 e. The van der Waals surface area contributed by atoms with Crippen LogP contribution in [0.3, 0.4) is 0 Å². The molecule has 4 nitrogen and oxygen atoms in total. The highest BCUT2D eigenvalue weighted by molar-refractivity contribution is 5.76. The zero-order valence-corrected chi connectivity index (χ0v) is 9.78. The maximum absolute atomic E-state index is 11.0. The van der Waals surface area contributed by atoms with Crippen molar-refractivity contribution in [3.05, 3.63) is 0 Å². The lowest BCUT2D eigenvalue weighted by Gasteiger charge is -2.27. The van der Waals surface area contributed by atoms with E-state index in [1.807, 2.05) is 0 Å². The van der Waals surface area contributed by atoms with Gasteiger partial charge < -0.3 is 15.8 Å². The number of hydrogen-bond donors (Lipinski definition) is 2. The van der Waals surface area contributed by atoms with E-state index in [2.05, 4.69) is 5.32 Å². The lowest BCUT2D eigenvalue weighted by molar-refractivity contribution is -0.122. The average Bonchev–Trinajstić information content (AvgIpc) is 2.80. The fourth-order valence-corrected chi connectivity index (χ4v) is 2.68. The summed E-state index contributed by atoms with van der Waals surface area (Å²) in [5, 5.41) is 3.55. The molecule has 1 unspecified atom stereocenters. The summed E-state index contributed by atoms with van der Waals surface area (Å²) in [6.07, 6.45) is 5.35. The van der Waals surface area contributed by atoms with E-state index in [9.17, 15) is 4.79 Å². The van der Waals surface area contributed by atoms with E-state index in [1.165, 1.54) is 0 Å². The molecule has 0 aromatic rings. The summed E-state index contributed by atoms with van der Waals surface area (Å²) in [5.41, 5.74) is 5.32. The molecule has 1 saturated heterocycles. The Morgan fingerprint density at radius 3 is 2.56 bits per heavy atom. The van der Waals surface area contributed by atoms with Crippen molar-refractivity contribution in [1.29, 1.82) is 0 Å². The van der Waals surface area contributed by atoms with Crippen LogP contribution in [0, 0.1) is 11.8 Å². The van der Waals surface area contributed by atoms with Crippen LogP contribution >= 0.6 is 0 Å². The van der Waals surface area contributed by atoms with Gasteiger partial charge in [-0.25, -0.2) is 0 Å². The maximum atomic E-state index is 11.0. The predicted octanol–water partition coefficient (Wildman–Crippen LogP) is 0.657. The molecular weight excluding hydrogens is 204 g/mol. The summed E-state index contributed by atoms with van der Waals surface area (Å²) in [7, 11) is 0. The summed E-state index contributed by atoms with van der Waals surface area (Å²) in [6.45, 7) is 2.82. The molecule has 0 aromatic carbocycles. The minimum atomic E-state index is -0.115. The third-order valence-electron chi connectivity index (χ3n) is 3.87. The second-order valence-electron chi connectivity index (χ2n) is 5.09. The number of carbonyl (C=O) groups excluding carboxylic acids is 1. The van der Waals surface area contributed by atoms with Gasteiger partial charge in [0.15, 0.2) is 0 Å². The van der Waals surface area contributed by atoms with Gasteiger partial charge in [0.1, 0.15) is 0 Å². The van der Waals surface area contributed by atoms with E-state index < -0.39 is 0 Å². The maximum Gasteiger partial charge on any atom is 0.220 e. The molecule has 0 bridgehead atoms. The molecule has 16 heavy (non-hydrogen) atoms. The van der Waals surface area contributed by atoms with Gasteiger partial charge in [0.25, 0.3) is 0 Å². The molecule has 1 aliphatic heterocycles. The van der Waals surface area contributed by atoms with Gasteiger partial charge >= 0.3 is 0 Å². The Morgan fingerprint density at radius 2 is 2.00 bits per heavy atom. The quantitative estimate of drug-likeness (QED) is 0.740. The molecule has 1 heterocycles. The number of carbonyl (C=O) groups is 1. The summed E-state index contributed by atoms with van der Waals surface area (Å²) in [5.74, 6) is 0.734. The van der Waals surface area contributed by atoms with Crippen molar-refractivity contribution >= 4 is 5.91 Å². The minimum Gasteiger partial charge on any atom is -0.380 e.